The topological polar surface area (TPSA) is 35.5 Å². The predicted molar refractivity (Wildman–Crippen MR) is 91.0 cm³/mol. The maximum atomic E-state index is 11.6. The van der Waals surface area contributed by atoms with Crippen molar-refractivity contribution in [3.8, 4) is 11.8 Å². The van der Waals surface area contributed by atoms with Gasteiger partial charge in [0, 0.05) is 12.3 Å². The number of rotatable bonds is 4. The minimum atomic E-state index is -0.805. The molecule has 1 atom stereocenters. The number of aryl methyl sites for hydroxylation is 1. The third-order valence-corrected chi connectivity index (χ3v) is 4.35. The van der Waals surface area contributed by atoms with E-state index in [1.807, 2.05) is 25.1 Å². The van der Waals surface area contributed by atoms with Gasteiger partial charge in [0.25, 0.3) is 0 Å². The van der Waals surface area contributed by atoms with E-state index in [0.29, 0.717) is 12.3 Å². The van der Waals surface area contributed by atoms with Gasteiger partial charge in [0.2, 0.25) is 0 Å². The van der Waals surface area contributed by atoms with E-state index in [2.05, 4.69) is 28.7 Å². The van der Waals surface area contributed by atoms with Crippen LogP contribution in [0.4, 0.5) is 4.79 Å². The van der Waals surface area contributed by atoms with E-state index in [1.54, 1.807) is 0 Å². The van der Waals surface area contributed by atoms with Crippen molar-refractivity contribution in [2.75, 3.05) is 7.11 Å². The van der Waals surface area contributed by atoms with Crippen molar-refractivity contribution in [1.82, 2.24) is 0 Å². The Morgan fingerprint density at radius 1 is 1.22 bits per heavy atom. The molecule has 1 aliphatic rings. The Morgan fingerprint density at radius 3 is 2.57 bits per heavy atom. The van der Waals surface area contributed by atoms with Crippen LogP contribution in [0.2, 0.25) is 0 Å². The van der Waals surface area contributed by atoms with Crippen molar-refractivity contribution >= 4 is 6.16 Å². The van der Waals surface area contributed by atoms with Crippen LogP contribution in [0.3, 0.4) is 0 Å². The number of benzene rings is 1. The lowest BCUT2D eigenvalue weighted by atomic mass is 9.88. The third-order valence-electron chi connectivity index (χ3n) is 4.35. The Balaban J connectivity index is 2.04. The van der Waals surface area contributed by atoms with Gasteiger partial charge in [0.1, 0.15) is 0 Å². The molecule has 0 aromatic heterocycles. The first-order valence-corrected chi connectivity index (χ1v) is 8.45. The number of carbonyl (C=O) groups excluding carboxylic acids is 1. The Morgan fingerprint density at radius 2 is 1.91 bits per heavy atom. The van der Waals surface area contributed by atoms with Gasteiger partial charge in [-0.25, -0.2) is 4.79 Å². The van der Waals surface area contributed by atoms with Crippen LogP contribution in [0, 0.1) is 17.8 Å². The monoisotopic (exact) mass is 314 g/mol. The van der Waals surface area contributed by atoms with Crippen molar-refractivity contribution in [2.24, 2.45) is 5.92 Å². The second-order valence-corrected chi connectivity index (χ2v) is 6.38. The Hall–Kier alpha value is -1.95. The van der Waals surface area contributed by atoms with Crippen molar-refractivity contribution < 1.29 is 14.3 Å². The summed E-state index contributed by atoms with van der Waals surface area (Å²) in [5, 5.41) is 0. The van der Waals surface area contributed by atoms with E-state index in [4.69, 9.17) is 4.74 Å². The summed E-state index contributed by atoms with van der Waals surface area (Å²) in [6.45, 7) is 1.88. The highest BCUT2D eigenvalue weighted by molar-refractivity contribution is 5.61. The molecular formula is C20H26O3. The highest BCUT2D eigenvalue weighted by Crippen LogP contribution is 2.24. The largest absolute Gasteiger partial charge is 0.509 e. The summed E-state index contributed by atoms with van der Waals surface area (Å²) in [6.07, 6.45) is 6.91. The fourth-order valence-corrected chi connectivity index (χ4v) is 2.89. The normalized spacial score (nSPS) is 17.5. The standard InChI is InChI=1S/C20H26O3/c1-20(23-19(21)22-2,15-13-17-9-5-3-6-10-17)16-14-18-11-7-4-8-12-18/h3,5-6,9-10,18H,4,7-8,11-13,15H2,1-2H3. The minimum Gasteiger partial charge on any atom is -0.438 e. The molecule has 3 heteroatoms. The second kappa shape index (κ2) is 8.62. The maximum absolute atomic E-state index is 11.6. The lowest BCUT2D eigenvalue weighted by molar-refractivity contribution is 0.00967. The first-order valence-electron chi connectivity index (χ1n) is 8.45. The molecule has 3 nitrogen and oxygen atoms in total. The summed E-state index contributed by atoms with van der Waals surface area (Å²) in [4.78, 5) is 11.6. The van der Waals surface area contributed by atoms with Crippen LogP contribution in [0.1, 0.15) is 51.0 Å². The summed E-state index contributed by atoms with van der Waals surface area (Å²) in [6, 6.07) is 10.2. The quantitative estimate of drug-likeness (QED) is 0.594. The van der Waals surface area contributed by atoms with Crippen molar-refractivity contribution in [2.45, 2.75) is 57.5 Å². The molecule has 0 radical (unpaired) electrons. The first kappa shape index (κ1) is 17.4. The van der Waals surface area contributed by atoms with E-state index >= 15 is 0 Å². The Bertz CT molecular complexity index is 549. The molecule has 1 aromatic rings. The van der Waals surface area contributed by atoms with Crippen LogP contribution < -0.4 is 0 Å². The average Bonchev–Trinajstić information content (AvgIpc) is 2.60. The summed E-state index contributed by atoms with van der Waals surface area (Å²) >= 11 is 0. The minimum absolute atomic E-state index is 0.432. The van der Waals surface area contributed by atoms with Crippen LogP contribution in [0.15, 0.2) is 30.3 Å². The molecule has 0 aliphatic heterocycles. The zero-order valence-electron chi connectivity index (χ0n) is 14.1. The molecule has 1 fully saturated rings. The summed E-state index contributed by atoms with van der Waals surface area (Å²) in [7, 11) is 1.33. The van der Waals surface area contributed by atoms with Crippen LogP contribution in [-0.2, 0) is 15.9 Å². The molecule has 1 saturated carbocycles. The van der Waals surface area contributed by atoms with E-state index in [9.17, 15) is 4.79 Å². The van der Waals surface area contributed by atoms with Gasteiger partial charge >= 0.3 is 6.16 Å². The van der Waals surface area contributed by atoms with Crippen LogP contribution >= 0.6 is 0 Å². The molecule has 23 heavy (non-hydrogen) atoms. The Labute approximate surface area is 139 Å². The molecule has 1 unspecified atom stereocenters. The predicted octanol–water partition coefficient (Wildman–Crippen LogP) is 4.74. The lowest BCUT2D eigenvalue weighted by Gasteiger charge is -2.24. The highest BCUT2D eigenvalue weighted by Gasteiger charge is 2.27. The van der Waals surface area contributed by atoms with Gasteiger partial charge in [-0.2, -0.15) is 0 Å². The van der Waals surface area contributed by atoms with Crippen LogP contribution in [0.25, 0.3) is 0 Å². The van der Waals surface area contributed by atoms with Crippen molar-refractivity contribution in [3.05, 3.63) is 35.9 Å². The molecule has 0 amide bonds. The van der Waals surface area contributed by atoms with Gasteiger partial charge in [-0.3, -0.25) is 0 Å². The number of methoxy groups -OCH3 is 1. The fourth-order valence-electron chi connectivity index (χ4n) is 2.89. The van der Waals surface area contributed by atoms with Gasteiger partial charge in [-0.15, -0.1) is 0 Å². The maximum Gasteiger partial charge on any atom is 0.509 e. The molecule has 2 rings (SSSR count). The number of ether oxygens (including phenoxy) is 2. The first-order chi connectivity index (χ1) is 11.1. The molecule has 0 bridgehead atoms. The van der Waals surface area contributed by atoms with Gasteiger partial charge in [-0.05, 0) is 31.7 Å². The summed E-state index contributed by atoms with van der Waals surface area (Å²) in [5.74, 6) is 7.00. The third kappa shape index (κ3) is 5.98. The van der Waals surface area contributed by atoms with E-state index < -0.39 is 11.8 Å². The van der Waals surface area contributed by atoms with Gasteiger partial charge in [-0.1, -0.05) is 61.4 Å². The number of hydrogen-bond acceptors (Lipinski definition) is 3. The van der Waals surface area contributed by atoms with Gasteiger partial charge < -0.3 is 9.47 Å². The molecule has 0 spiro atoms. The molecule has 0 saturated heterocycles. The summed E-state index contributed by atoms with van der Waals surface area (Å²) in [5.41, 5.74) is 0.409. The molecular weight excluding hydrogens is 288 g/mol. The van der Waals surface area contributed by atoms with Gasteiger partial charge in [0.05, 0.1) is 7.11 Å². The molecule has 124 valence electrons. The molecule has 0 heterocycles. The van der Waals surface area contributed by atoms with Crippen molar-refractivity contribution in [3.63, 3.8) is 0 Å². The number of carbonyl (C=O) groups is 1. The highest BCUT2D eigenvalue weighted by atomic mass is 16.7. The fraction of sp³-hybridized carbons (Fsp3) is 0.550. The Kier molecular flexibility index (Phi) is 6.52. The van der Waals surface area contributed by atoms with Gasteiger partial charge in [0.15, 0.2) is 5.60 Å². The van der Waals surface area contributed by atoms with Crippen molar-refractivity contribution in [1.29, 1.82) is 0 Å². The van der Waals surface area contributed by atoms with E-state index in [-0.39, 0.29) is 0 Å². The van der Waals surface area contributed by atoms with E-state index in [1.165, 1.54) is 31.9 Å². The lowest BCUT2D eigenvalue weighted by Crippen LogP contribution is -2.31. The zero-order chi connectivity index (χ0) is 16.5. The van der Waals surface area contributed by atoms with E-state index in [0.717, 1.165) is 19.3 Å². The zero-order valence-corrected chi connectivity index (χ0v) is 14.1. The number of hydrogen-bond donors (Lipinski definition) is 0. The van der Waals surface area contributed by atoms with Crippen LogP contribution in [0.5, 0.6) is 0 Å². The SMILES string of the molecule is COC(=O)OC(C)(C#CC1CCCCC1)CCc1ccccc1. The average molecular weight is 314 g/mol. The smallest absolute Gasteiger partial charge is 0.438 e. The molecule has 1 aliphatic carbocycles. The van der Waals surface area contributed by atoms with Crippen LogP contribution in [-0.4, -0.2) is 18.9 Å². The molecule has 0 N–H and O–H groups in total. The second-order valence-electron chi connectivity index (χ2n) is 6.38. The summed E-state index contributed by atoms with van der Waals surface area (Å²) < 4.78 is 10.1. The molecule has 1 aromatic carbocycles.